The first kappa shape index (κ1) is 17.6. The van der Waals surface area contributed by atoms with Crippen LogP contribution in [0.15, 0.2) is 4.90 Å². The smallest absolute Gasteiger partial charge is 0.275 e. The second-order valence-electron chi connectivity index (χ2n) is 5.45. The van der Waals surface area contributed by atoms with Gasteiger partial charge in [-0.05, 0) is 12.3 Å². The molecule has 1 aromatic heterocycles. The molecule has 8 heteroatoms. The van der Waals surface area contributed by atoms with Gasteiger partial charge in [-0.15, -0.1) is 0 Å². The molecule has 7 nitrogen and oxygen atoms in total. The standard InChI is InChI=1S/C13H24N4O3S/c1-5-6-7-8-17(4)13(18)11-12(21(14,19)20)10(9(2)3)15-16-11/h9H,5-8H2,1-4H3,(H,15,16)(H2,14,19,20). The van der Waals surface area contributed by atoms with Crippen LogP contribution in [0.5, 0.6) is 0 Å². The van der Waals surface area contributed by atoms with E-state index < -0.39 is 15.9 Å². The fourth-order valence-corrected chi connectivity index (χ4v) is 3.04. The second-order valence-corrected chi connectivity index (χ2v) is 6.95. The highest BCUT2D eigenvalue weighted by Crippen LogP contribution is 2.24. The van der Waals surface area contributed by atoms with E-state index in [1.165, 1.54) is 4.90 Å². The van der Waals surface area contributed by atoms with Gasteiger partial charge in [0.1, 0.15) is 4.90 Å². The van der Waals surface area contributed by atoms with Crippen LogP contribution in [0.25, 0.3) is 0 Å². The van der Waals surface area contributed by atoms with Crippen molar-refractivity contribution in [1.82, 2.24) is 15.1 Å². The summed E-state index contributed by atoms with van der Waals surface area (Å²) in [5, 5.41) is 11.7. The number of rotatable bonds is 7. The molecule has 0 radical (unpaired) electrons. The molecule has 0 unspecified atom stereocenters. The first-order valence-corrected chi connectivity index (χ1v) is 8.61. The van der Waals surface area contributed by atoms with Gasteiger partial charge in [-0.3, -0.25) is 9.89 Å². The molecule has 0 spiro atoms. The summed E-state index contributed by atoms with van der Waals surface area (Å²) < 4.78 is 23.5. The quantitative estimate of drug-likeness (QED) is 0.742. The van der Waals surface area contributed by atoms with Crippen LogP contribution in [-0.2, 0) is 10.0 Å². The molecular weight excluding hydrogens is 292 g/mol. The van der Waals surface area contributed by atoms with Gasteiger partial charge in [-0.1, -0.05) is 33.6 Å². The highest BCUT2D eigenvalue weighted by Gasteiger charge is 2.30. The molecule has 1 amide bonds. The Morgan fingerprint density at radius 1 is 1.38 bits per heavy atom. The number of nitrogens with one attached hydrogen (secondary N) is 1. The molecule has 1 heterocycles. The molecule has 0 fully saturated rings. The maximum absolute atomic E-state index is 12.4. The number of carbonyl (C=O) groups excluding carboxylic acids is 1. The Morgan fingerprint density at radius 2 is 2.00 bits per heavy atom. The number of carbonyl (C=O) groups is 1. The van der Waals surface area contributed by atoms with E-state index in [0.29, 0.717) is 12.2 Å². The van der Waals surface area contributed by atoms with Crippen molar-refractivity contribution < 1.29 is 13.2 Å². The molecule has 1 aromatic rings. The molecule has 0 atom stereocenters. The van der Waals surface area contributed by atoms with Gasteiger partial charge < -0.3 is 4.90 Å². The van der Waals surface area contributed by atoms with Gasteiger partial charge in [-0.2, -0.15) is 5.10 Å². The van der Waals surface area contributed by atoms with Crippen molar-refractivity contribution in [3.63, 3.8) is 0 Å². The maximum Gasteiger partial charge on any atom is 0.275 e. The van der Waals surface area contributed by atoms with Crippen molar-refractivity contribution in [2.24, 2.45) is 5.14 Å². The predicted octanol–water partition coefficient (Wildman–Crippen LogP) is 1.44. The zero-order chi connectivity index (χ0) is 16.2. The second kappa shape index (κ2) is 7.04. The average molecular weight is 316 g/mol. The SMILES string of the molecule is CCCCCN(C)C(=O)c1n[nH]c(C(C)C)c1S(N)(=O)=O. The number of H-pyrrole nitrogens is 1. The van der Waals surface area contributed by atoms with Crippen molar-refractivity contribution in [2.75, 3.05) is 13.6 Å². The lowest BCUT2D eigenvalue weighted by atomic mass is 10.1. The van der Waals surface area contributed by atoms with Crippen LogP contribution in [0.1, 0.15) is 62.1 Å². The molecular formula is C13H24N4O3S. The Hall–Kier alpha value is -1.41. The lowest BCUT2D eigenvalue weighted by molar-refractivity contribution is 0.0783. The van der Waals surface area contributed by atoms with E-state index in [-0.39, 0.29) is 16.5 Å². The van der Waals surface area contributed by atoms with Crippen molar-refractivity contribution in [1.29, 1.82) is 0 Å². The Bertz CT molecular complexity index is 593. The highest BCUT2D eigenvalue weighted by molar-refractivity contribution is 7.89. The lowest BCUT2D eigenvalue weighted by Gasteiger charge is -2.16. The molecule has 3 N–H and O–H groups in total. The van der Waals surface area contributed by atoms with Gasteiger partial charge in [-0.25, -0.2) is 13.6 Å². The first-order chi connectivity index (χ1) is 9.70. The minimum Gasteiger partial charge on any atom is -0.340 e. The van der Waals surface area contributed by atoms with Crippen LogP contribution in [0.2, 0.25) is 0 Å². The Morgan fingerprint density at radius 3 is 2.48 bits per heavy atom. The number of sulfonamides is 1. The van der Waals surface area contributed by atoms with Crippen molar-refractivity contribution in [3.8, 4) is 0 Å². The molecule has 0 saturated carbocycles. The summed E-state index contributed by atoms with van der Waals surface area (Å²) in [6.07, 6.45) is 2.92. The average Bonchev–Trinajstić information content (AvgIpc) is 2.82. The van der Waals surface area contributed by atoms with E-state index in [2.05, 4.69) is 17.1 Å². The number of aromatic amines is 1. The largest absolute Gasteiger partial charge is 0.340 e. The third-order valence-corrected chi connectivity index (χ3v) is 4.24. The highest BCUT2D eigenvalue weighted by atomic mass is 32.2. The number of aromatic nitrogens is 2. The number of hydrogen-bond acceptors (Lipinski definition) is 4. The molecule has 0 saturated heterocycles. The van der Waals surface area contributed by atoms with Crippen molar-refractivity contribution in [3.05, 3.63) is 11.4 Å². The third kappa shape index (κ3) is 4.28. The van der Waals surface area contributed by atoms with E-state index in [1.807, 2.05) is 0 Å². The van der Waals surface area contributed by atoms with Gasteiger partial charge in [0.05, 0.1) is 5.69 Å². The van der Waals surface area contributed by atoms with Crippen LogP contribution in [-0.4, -0.2) is 43.0 Å². The summed E-state index contributed by atoms with van der Waals surface area (Å²) in [6, 6.07) is 0. The number of unbranched alkanes of at least 4 members (excludes halogenated alkanes) is 2. The van der Waals surface area contributed by atoms with Gasteiger partial charge >= 0.3 is 0 Å². The van der Waals surface area contributed by atoms with Gasteiger partial charge in [0.15, 0.2) is 5.69 Å². The number of nitrogens with two attached hydrogens (primary N) is 1. The number of amides is 1. The topological polar surface area (TPSA) is 109 Å². The fraction of sp³-hybridized carbons (Fsp3) is 0.692. The molecule has 0 aromatic carbocycles. The van der Waals surface area contributed by atoms with Crippen LogP contribution < -0.4 is 5.14 Å². The maximum atomic E-state index is 12.4. The summed E-state index contributed by atoms with van der Waals surface area (Å²) >= 11 is 0. The molecule has 0 aliphatic rings. The van der Waals surface area contributed by atoms with Crippen LogP contribution in [0.4, 0.5) is 0 Å². The summed E-state index contributed by atoms with van der Waals surface area (Å²) in [6.45, 7) is 6.24. The predicted molar refractivity (Wildman–Crippen MR) is 80.5 cm³/mol. The van der Waals surface area contributed by atoms with E-state index in [1.54, 1.807) is 20.9 Å². The Kier molecular flexibility index (Phi) is 5.91. The lowest BCUT2D eigenvalue weighted by Crippen LogP contribution is -2.30. The molecule has 21 heavy (non-hydrogen) atoms. The number of hydrogen-bond donors (Lipinski definition) is 2. The normalized spacial score (nSPS) is 11.9. The van der Waals surface area contributed by atoms with Gasteiger partial charge in [0.2, 0.25) is 10.0 Å². The minimum absolute atomic E-state index is 0.125. The zero-order valence-electron chi connectivity index (χ0n) is 13.0. The number of primary sulfonamides is 1. The summed E-state index contributed by atoms with van der Waals surface area (Å²) in [5.41, 5.74) is 0.239. The summed E-state index contributed by atoms with van der Waals surface area (Å²) in [5.74, 6) is -0.559. The van der Waals surface area contributed by atoms with Crippen LogP contribution >= 0.6 is 0 Å². The van der Waals surface area contributed by atoms with Crippen LogP contribution in [0, 0.1) is 0 Å². The van der Waals surface area contributed by atoms with Gasteiger partial charge in [0.25, 0.3) is 5.91 Å². The molecule has 1 rings (SSSR count). The molecule has 0 aliphatic carbocycles. The molecule has 0 bridgehead atoms. The minimum atomic E-state index is -4.01. The van der Waals surface area contributed by atoms with Crippen molar-refractivity contribution in [2.45, 2.75) is 50.8 Å². The van der Waals surface area contributed by atoms with E-state index in [4.69, 9.17) is 5.14 Å². The van der Waals surface area contributed by atoms with E-state index in [0.717, 1.165) is 19.3 Å². The zero-order valence-corrected chi connectivity index (χ0v) is 13.8. The fourth-order valence-electron chi connectivity index (χ4n) is 2.05. The molecule has 0 aliphatic heterocycles. The number of nitrogens with zero attached hydrogens (tertiary/aromatic N) is 2. The summed E-state index contributed by atoms with van der Waals surface area (Å²) in [4.78, 5) is 13.7. The van der Waals surface area contributed by atoms with Crippen LogP contribution in [0.3, 0.4) is 0 Å². The monoisotopic (exact) mass is 316 g/mol. The van der Waals surface area contributed by atoms with E-state index in [9.17, 15) is 13.2 Å². The Balaban J connectivity index is 3.11. The van der Waals surface area contributed by atoms with E-state index >= 15 is 0 Å². The van der Waals surface area contributed by atoms with Crippen molar-refractivity contribution >= 4 is 15.9 Å². The van der Waals surface area contributed by atoms with Gasteiger partial charge in [0, 0.05) is 13.6 Å². The third-order valence-electron chi connectivity index (χ3n) is 3.26. The molecule has 120 valence electrons. The summed E-state index contributed by atoms with van der Waals surface area (Å²) in [7, 11) is -2.38. The Labute approximate surface area is 126 Å². The first-order valence-electron chi connectivity index (χ1n) is 7.06.